The number of amides is 1. The van der Waals surface area contributed by atoms with Crippen molar-refractivity contribution >= 4 is 33.4 Å². The summed E-state index contributed by atoms with van der Waals surface area (Å²) in [4.78, 5) is 13.6. The zero-order valence-corrected chi connectivity index (χ0v) is 15.9. The first-order chi connectivity index (χ1) is 12.9. The average molecular weight is 402 g/mol. The molecule has 3 aromatic rings. The Hall–Kier alpha value is -2.55. The average Bonchev–Trinajstić information content (AvgIpc) is 3.10. The van der Waals surface area contributed by atoms with E-state index in [4.69, 9.17) is 9.56 Å². The molecule has 3 rings (SSSR count). The van der Waals surface area contributed by atoms with Crippen molar-refractivity contribution in [2.24, 2.45) is 5.14 Å². The largest absolute Gasteiger partial charge is 0.459 e. The third-order valence-electron chi connectivity index (χ3n) is 3.67. The van der Waals surface area contributed by atoms with Gasteiger partial charge in [-0.05, 0) is 35.9 Å². The molecule has 0 aliphatic rings. The number of anilines is 1. The molecule has 0 saturated heterocycles. The quantitative estimate of drug-likeness (QED) is 0.588. The van der Waals surface area contributed by atoms with Crippen LogP contribution in [-0.4, -0.2) is 14.3 Å². The van der Waals surface area contributed by atoms with Gasteiger partial charge in [0.25, 0.3) is 5.91 Å². The van der Waals surface area contributed by atoms with Crippen LogP contribution in [0.15, 0.2) is 76.2 Å². The molecule has 0 radical (unpaired) electrons. The highest BCUT2D eigenvalue weighted by Crippen LogP contribution is 2.25. The van der Waals surface area contributed by atoms with Gasteiger partial charge in [-0.2, -0.15) is 0 Å². The number of primary sulfonamides is 1. The molecule has 1 aromatic heterocycles. The van der Waals surface area contributed by atoms with Crippen LogP contribution in [0.5, 0.6) is 0 Å². The first kappa shape index (κ1) is 19.2. The fourth-order valence-electron chi connectivity index (χ4n) is 2.43. The smallest absolute Gasteiger partial charge is 0.291 e. The van der Waals surface area contributed by atoms with Crippen molar-refractivity contribution in [1.82, 2.24) is 0 Å². The zero-order chi connectivity index (χ0) is 19.3. The molecule has 2 aromatic carbocycles. The van der Waals surface area contributed by atoms with E-state index in [9.17, 15) is 13.2 Å². The Kier molecular flexibility index (Phi) is 6.00. The second-order valence-corrected chi connectivity index (χ2v) is 8.50. The lowest BCUT2D eigenvalue weighted by atomic mass is 10.2. The van der Waals surface area contributed by atoms with E-state index in [0.29, 0.717) is 17.0 Å². The van der Waals surface area contributed by atoms with E-state index in [1.165, 1.54) is 6.26 Å². The number of hydrogen-bond donors (Lipinski definition) is 2. The van der Waals surface area contributed by atoms with Gasteiger partial charge in [-0.25, -0.2) is 13.6 Å². The number of rotatable bonds is 7. The summed E-state index contributed by atoms with van der Waals surface area (Å²) in [5, 5.41) is 7.78. The van der Waals surface area contributed by atoms with Crippen LogP contribution in [0.3, 0.4) is 0 Å². The molecule has 0 saturated carbocycles. The van der Waals surface area contributed by atoms with E-state index < -0.39 is 10.0 Å². The fraction of sp³-hybridized carbons (Fsp3) is 0.105. The molecule has 0 bridgehead atoms. The van der Waals surface area contributed by atoms with Crippen molar-refractivity contribution in [2.75, 3.05) is 5.32 Å². The van der Waals surface area contributed by atoms with Crippen LogP contribution in [-0.2, 0) is 21.5 Å². The van der Waals surface area contributed by atoms with Crippen molar-refractivity contribution in [3.8, 4) is 0 Å². The number of benzene rings is 2. The normalized spacial score (nSPS) is 11.3. The molecular formula is C19H18N2O4S2. The minimum absolute atomic E-state index is 0.250. The number of carbonyl (C=O) groups is 1. The molecule has 140 valence electrons. The lowest BCUT2D eigenvalue weighted by Gasteiger charge is -2.07. The van der Waals surface area contributed by atoms with Gasteiger partial charge in [0.1, 0.15) is 0 Å². The summed E-state index contributed by atoms with van der Waals surface area (Å²) in [6.07, 6.45) is 1.49. The number of sulfonamides is 1. The van der Waals surface area contributed by atoms with Crippen LogP contribution in [0.25, 0.3) is 0 Å². The van der Waals surface area contributed by atoms with Gasteiger partial charge in [0, 0.05) is 21.9 Å². The Morgan fingerprint density at radius 3 is 2.41 bits per heavy atom. The number of thioether (sulfide) groups is 1. The van der Waals surface area contributed by atoms with Crippen molar-refractivity contribution in [3.63, 3.8) is 0 Å². The summed E-state index contributed by atoms with van der Waals surface area (Å²) in [6.45, 7) is 0. The van der Waals surface area contributed by atoms with E-state index in [1.807, 2.05) is 30.3 Å². The first-order valence-corrected chi connectivity index (χ1v) is 10.8. The van der Waals surface area contributed by atoms with Gasteiger partial charge in [0.15, 0.2) is 5.76 Å². The van der Waals surface area contributed by atoms with Crippen LogP contribution in [0.1, 0.15) is 21.7 Å². The SMILES string of the molecule is NS(=O)(=O)Cc1ccc(NC(=O)c2occc2CSc2ccccc2)cc1. The Morgan fingerprint density at radius 2 is 1.74 bits per heavy atom. The number of furan rings is 1. The van der Waals surface area contributed by atoms with Crippen LogP contribution in [0, 0.1) is 0 Å². The summed E-state index contributed by atoms with van der Waals surface area (Å²) >= 11 is 1.61. The maximum Gasteiger partial charge on any atom is 0.291 e. The molecule has 0 aliphatic heterocycles. The zero-order valence-electron chi connectivity index (χ0n) is 14.3. The highest BCUT2D eigenvalue weighted by molar-refractivity contribution is 7.98. The van der Waals surface area contributed by atoms with Gasteiger partial charge in [-0.1, -0.05) is 30.3 Å². The summed E-state index contributed by atoms with van der Waals surface area (Å²) < 4.78 is 27.6. The summed E-state index contributed by atoms with van der Waals surface area (Å²) in [5.41, 5.74) is 1.89. The minimum atomic E-state index is -3.59. The van der Waals surface area contributed by atoms with Crippen LogP contribution in [0.4, 0.5) is 5.69 Å². The van der Waals surface area contributed by atoms with Crippen LogP contribution < -0.4 is 10.5 Å². The Labute approximate surface area is 161 Å². The Balaban J connectivity index is 1.64. The molecule has 3 N–H and O–H groups in total. The molecule has 8 heteroatoms. The summed E-state index contributed by atoms with van der Waals surface area (Å²) in [5.74, 6) is 0.256. The van der Waals surface area contributed by atoms with Crippen LogP contribution in [0.2, 0.25) is 0 Å². The molecule has 0 spiro atoms. The number of nitrogens with two attached hydrogens (primary N) is 1. The Morgan fingerprint density at radius 1 is 1.04 bits per heavy atom. The Bertz CT molecular complexity index is 1010. The molecule has 0 fully saturated rings. The topological polar surface area (TPSA) is 102 Å². The van der Waals surface area contributed by atoms with Crippen molar-refractivity contribution in [2.45, 2.75) is 16.4 Å². The van der Waals surface area contributed by atoms with Gasteiger partial charge in [-0.15, -0.1) is 11.8 Å². The lowest BCUT2D eigenvalue weighted by molar-refractivity contribution is 0.0995. The third-order valence-corrected chi connectivity index (χ3v) is 5.47. The maximum absolute atomic E-state index is 12.5. The third kappa shape index (κ3) is 5.72. The molecule has 6 nitrogen and oxygen atoms in total. The standard InChI is InChI=1S/C19H18N2O4S2/c20-27(23,24)13-14-6-8-16(9-7-14)21-19(22)18-15(10-11-25-18)12-26-17-4-2-1-3-5-17/h1-11H,12-13H2,(H,21,22)(H2,20,23,24). The summed E-state index contributed by atoms with van der Waals surface area (Å²) in [7, 11) is -3.59. The first-order valence-electron chi connectivity index (χ1n) is 8.06. The molecule has 1 amide bonds. The highest BCUT2D eigenvalue weighted by Gasteiger charge is 2.16. The number of hydrogen-bond acceptors (Lipinski definition) is 5. The molecule has 0 unspecified atom stereocenters. The van der Waals surface area contributed by atoms with Gasteiger partial charge in [0.05, 0.1) is 12.0 Å². The van der Waals surface area contributed by atoms with E-state index in [0.717, 1.165) is 10.5 Å². The maximum atomic E-state index is 12.5. The second-order valence-electron chi connectivity index (χ2n) is 5.83. The van der Waals surface area contributed by atoms with Crippen LogP contribution >= 0.6 is 11.8 Å². The molecule has 0 atom stereocenters. The van der Waals surface area contributed by atoms with Gasteiger partial charge >= 0.3 is 0 Å². The second kappa shape index (κ2) is 8.43. The monoisotopic (exact) mass is 402 g/mol. The molecule has 1 heterocycles. The molecule has 0 aliphatic carbocycles. The number of nitrogens with one attached hydrogen (secondary N) is 1. The predicted octanol–water partition coefficient (Wildman–Crippen LogP) is 3.61. The van der Waals surface area contributed by atoms with E-state index >= 15 is 0 Å². The van der Waals surface area contributed by atoms with Gasteiger partial charge < -0.3 is 9.73 Å². The number of carbonyl (C=O) groups excluding carboxylic acids is 1. The van der Waals surface area contributed by atoms with Gasteiger partial charge in [-0.3, -0.25) is 4.79 Å². The van der Waals surface area contributed by atoms with Gasteiger partial charge in [0.2, 0.25) is 10.0 Å². The van der Waals surface area contributed by atoms with Crippen molar-refractivity contribution in [3.05, 3.63) is 83.8 Å². The van der Waals surface area contributed by atoms with E-state index in [-0.39, 0.29) is 17.4 Å². The van der Waals surface area contributed by atoms with Crippen molar-refractivity contribution in [1.29, 1.82) is 0 Å². The molecule has 27 heavy (non-hydrogen) atoms. The lowest BCUT2D eigenvalue weighted by Crippen LogP contribution is -2.15. The fourth-order valence-corrected chi connectivity index (χ4v) is 3.99. The van der Waals surface area contributed by atoms with E-state index in [2.05, 4.69) is 5.32 Å². The van der Waals surface area contributed by atoms with Crippen molar-refractivity contribution < 1.29 is 17.6 Å². The minimum Gasteiger partial charge on any atom is -0.459 e. The summed E-state index contributed by atoms with van der Waals surface area (Å²) in [6, 6.07) is 18.1. The highest BCUT2D eigenvalue weighted by atomic mass is 32.2. The predicted molar refractivity (Wildman–Crippen MR) is 106 cm³/mol. The molecular weight excluding hydrogens is 384 g/mol. The van der Waals surface area contributed by atoms with E-state index in [1.54, 1.807) is 42.1 Å².